The summed E-state index contributed by atoms with van der Waals surface area (Å²) >= 11 is 0. The van der Waals surface area contributed by atoms with Crippen LogP contribution < -0.4 is 11.4 Å². The molecule has 0 bridgehead atoms. The van der Waals surface area contributed by atoms with Crippen molar-refractivity contribution in [2.24, 2.45) is 0 Å². The van der Waals surface area contributed by atoms with Crippen molar-refractivity contribution in [3.8, 4) is 0 Å². The lowest BCUT2D eigenvalue weighted by Gasteiger charge is -2.55. The zero-order valence-electron chi connectivity index (χ0n) is 9.67. The van der Waals surface area contributed by atoms with E-state index in [1.807, 2.05) is 0 Å². The van der Waals surface area contributed by atoms with Crippen molar-refractivity contribution < 1.29 is 19.7 Å². The number of nitrogen functional groups attached to an aromatic ring is 1. The van der Waals surface area contributed by atoms with Crippen molar-refractivity contribution in [3.05, 3.63) is 22.5 Å². The number of nitrogens with zero attached hydrogens (tertiary/aromatic N) is 2. The molecule has 18 heavy (non-hydrogen) atoms. The summed E-state index contributed by atoms with van der Waals surface area (Å²) < 4.78 is 14.1. The molecule has 2 rings (SSSR count). The SMILES string of the molecule is C[C@@]1(O)[C@H](n2cc(F)c(N)nc2=O)C[C@]1(O)CO. The van der Waals surface area contributed by atoms with Crippen LogP contribution in [0.1, 0.15) is 19.4 Å². The molecule has 0 unspecified atom stereocenters. The molecule has 1 aliphatic carbocycles. The van der Waals surface area contributed by atoms with E-state index in [1.54, 1.807) is 0 Å². The van der Waals surface area contributed by atoms with Crippen molar-refractivity contribution in [3.63, 3.8) is 0 Å². The van der Waals surface area contributed by atoms with Gasteiger partial charge in [-0.2, -0.15) is 4.98 Å². The van der Waals surface area contributed by atoms with Gasteiger partial charge in [0.15, 0.2) is 11.6 Å². The van der Waals surface area contributed by atoms with Crippen LogP contribution in [0.3, 0.4) is 0 Å². The molecule has 1 saturated carbocycles. The van der Waals surface area contributed by atoms with Crippen LogP contribution in [-0.4, -0.2) is 42.7 Å². The number of hydrogen-bond acceptors (Lipinski definition) is 6. The molecule has 1 aliphatic rings. The molecule has 0 radical (unpaired) electrons. The zero-order valence-corrected chi connectivity index (χ0v) is 9.67. The Balaban J connectivity index is 2.42. The van der Waals surface area contributed by atoms with Gasteiger partial charge in [0, 0.05) is 12.6 Å². The first kappa shape index (κ1) is 12.9. The van der Waals surface area contributed by atoms with Crippen molar-refractivity contribution >= 4 is 5.82 Å². The lowest BCUT2D eigenvalue weighted by molar-refractivity contribution is -0.258. The number of aromatic nitrogens is 2. The molecule has 0 aromatic carbocycles. The molecule has 1 aromatic rings. The molecule has 8 heteroatoms. The van der Waals surface area contributed by atoms with Gasteiger partial charge < -0.3 is 21.1 Å². The number of halogens is 1. The molecule has 0 amide bonds. The Morgan fingerprint density at radius 1 is 1.67 bits per heavy atom. The second kappa shape index (κ2) is 3.74. The van der Waals surface area contributed by atoms with Gasteiger partial charge in [0.1, 0.15) is 11.2 Å². The highest BCUT2D eigenvalue weighted by Gasteiger charge is 2.62. The predicted molar refractivity (Wildman–Crippen MR) is 59.2 cm³/mol. The van der Waals surface area contributed by atoms with Gasteiger partial charge in [0.05, 0.1) is 12.6 Å². The van der Waals surface area contributed by atoms with Crippen LogP contribution in [0.15, 0.2) is 11.0 Å². The molecule has 1 heterocycles. The van der Waals surface area contributed by atoms with Crippen LogP contribution in [-0.2, 0) is 0 Å². The third-order valence-electron chi connectivity index (χ3n) is 3.65. The maximum absolute atomic E-state index is 13.3. The first-order valence-corrected chi connectivity index (χ1v) is 5.33. The smallest absolute Gasteiger partial charge is 0.350 e. The molecule has 100 valence electrons. The Morgan fingerprint density at radius 2 is 2.28 bits per heavy atom. The Kier molecular flexibility index (Phi) is 2.69. The van der Waals surface area contributed by atoms with Crippen molar-refractivity contribution in [1.82, 2.24) is 9.55 Å². The van der Waals surface area contributed by atoms with Crippen molar-refractivity contribution in [1.29, 1.82) is 0 Å². The van der Waals surface area contributed by atoms with Crippen LogP contribution in [0.4, 0.5) is 10.2 Å². The van der Waals surface area contributed by atoms with Gasteiger partial charge in [-0.15, -0.1) is 0 Å². The number of nitrogens with two attached hydrogens (primary N) is 1. The highest BCUT2D eigenvalue weighted by atomic mass is 19.1. The first-order valence-electron chi connectivity index (χ1n) is 5.33. The average molecular weight is 259 g/mol. The summed E-state index contributed by atoms with van der Waals surface area (Å²) in [6.45, 7) is 0.605. The topological polar surface area (TPSA) is 122 Å². The summed E-state index contributed by atoms with van der Waals surface area (Å²) in [5.41, 5.74) is 0.857. The number of hydrogen-bond donors (Lipinski definition) is 4. The minimum absolute atomic E-state index is 0.0819. The van der Waals surface area contributed by atoms with Crippen LogP contribution in [0, 0.1) is 5.82 Å². The summed E-state index contributed by atoms with van der Waals surface area (Å²) in [5, 5.41) is 28.9. The second-order valence-electron chi connectivity index (χ2n) is 4.72. The van der Waals surface area contributed by atoms with Gasteiger partial charge in [-0.05, 0) is 6.92 Å². The Labute approximate surface area is 101 Å². The van der Waals surface area contributed by atoms with Crippen LogP contribution >= 0.6 is 0 Å². The van der Waals surface area contributed by atoms with E-state index in [4.69, 9.17) is 10.8 Å². The fraction of sp³-hybridized carbons (Fsp3) is 0.600. The van der Waals surface area contributed by atoms with Gasteiger partial charge in [-0.1, -0.05) is 0 Å². The maximum atomic E-state index is 13.3. The zero-order chi connectivity index (χ0) is 13.7. The van der Waals surface area contributed by atoms with E-state index in [-0.39, 0.29) is 6.42 Å². The maximum Gasteiger partial charge on any atom is 0.350 e. The predicted octanol–water partition coefficient (Wildman–Crippen LogP) is -1.62. The van der Waals surface area contributed by atoms with Crippen LogP contribution in [0.25, 0.3) is 0 Å². The van der Waals surface area contributed by atoms with Gasteiger partial charge in [-0.25, -0.2) is 9.18 Å². The van der Waals surface area contributed by atoms with Gasteiger partial charge in [-0.3, -0.25) is 4.57 Å². The summed E-state index contributed by atoms with van der Waals surface area (Å²) in [4.78, 5) is 14.8. The van der Waals surface area contributed by atoms with E-state index in [9.17, 15) is 19.4 Å². The summed E-state index contributed by atoms with van der Waals surface area (Å²) in [5.74, 6) is -1.41. The lowest BCUT2D eigenvalue weighted by atomic mass is 9.62. The van der Waals surface area contributed by atoms with Gasteiger partial charge in [0.25, 0.3) is 0 Å². The normalized spacial score (nSPS) is 35.3. The average Bonchev–Trinajstić information content (AvgIpc) is 2.30. The monoisotopic (exact) mass is 259 g/mol. The number of rotatable bonds is 2. The Hall–Kier alpha value is -1.51. The standard InChI is InChI=1S/C10H14FN3O4/c1-9(17)6(2-10(9,18)4-15)14-3-5(11)7(12)13-8(14)16/h3,6,15,17-18H,2,4H2,1H3,(H2,12,13,16)/t6-,9-,10+/m1/s1. The Morgan fingerprint density at radius 3 is 2.78 bits per heavy atom. The molecule has 0 aliphatic heterocycles. The van der Waals surface area contributed by atoms with E-state index in [0.717, 1.165) is 10.8 Å². The highest BCUT2D eigenvalue weighted by Crippen LogP contribution is 2.49. The van der Waals surface area contributed by atoms with E-state index in [0.29, 0.717) is 0 Å². The van der Waals surface area contributed by atoms with E-state index < -0.39 is 41.2 Å². The Bertz CT molecular complexity index is 544. The number of aliphatic hydroxyl groups excluding tert-OH is 1. The fourth-order valence-corrected chi connectivity index (χ4v) is 2.18. The highest BCUT2D eigenvalue weighted by molar-refractivity contribution is 5.27. The molecule has 0 saturated heterocycles. The van der Waals surface area contributed by atoms with Crippen molar-refractivity contribution in [2.75, 3.05) is 12.3 Å². The quantitative estimate of drug-likeness (QED) is 0.506. The van der Waals surface area contributed by atoms with E-state index in [1.165, 1.54) is 6.92 Å². The largest absolute Gasteiger partial charge is 0.393 e. The number of aliphatic hydroxyl groups is 3. The molecular formula is C10H14FN3O4. The van der Waals surface area contributed by atoms with E-state index in [2.05, 4.69) is 4.98 Å². The molecule has 1 aromatic heterocycles. The second-order valence-corrected chi connectivity index (χ2v) is 4.72. The lowest BCUT2D eigenvalue weighted by Crippen LogP contribution is -2.70. The van der Waals surface area contributed by atoms with Crippen molar-refractivity contribution in [2.45, 2.75) is 30.6 Å². The molecule has 3 atom stereocenters. The molecule has 5 N–H and O–H groups in total. The van der Waals surface area contributed by atoms with Gasteiger partial charge in [0.2, 0.25) is 0 Å². The minimum Gasteiger partial charge on any atom is -0.393 e. The first-order chi connectivity index (χ1) is 8.23. The summed E-state index contributed by atoms with van der Waals surface area (Å²) in [6.07, 6.45) is 0.752. The number of anilines is 1. The molecular weight excluding hydrogens is 245 g/mol. The van der Waals surface area contributed by atoms with Crippen LogP contribution in [0.5, 0.6) is 0 Å². The van der Waals surface area contributed by atoms with E-state index >= 15 is 0 Å². The summed E-state index contributed by atoms with van der Waals surface area (Å²) in [6, 6.07) is -0.871. The molecule has 1 fully saturated rings. The van der Waals surface area contributed by atoms with Crippen LogP contribution in [0.2, 0.25) is 0 Å². The molecule has 7 nitrogen and oxygen atoms in total. The third-order valence-corrected chi connectivity index (χ3v) is 3.65. The third kappa shape index (κ3) is 1.53. The molecule has 0 spiro atoms. The minimum atomic E-state index is -1.75. The fourth-order valence-electron chi connectivity index (χ4n) is 2.18. The summed E-state index contributed by atoms with van der Waals surface area (Å²) in [7, 11) is 0. The van der Waals surface area contributed by atoms with Gasteiger partial charge >= 0.3 is 5.69 Å².